The molecule has 1 aromatic carbocycles. The van der Waals surface area contributed by atoms with Crippen LogP contribution in [-0.4, -0.2) is 38.2 Å². The molecule has 1 unspecified atom stereocenters. The Balaban J connectivity index is 1.43. The van der Waals surface area contributed by atoms with Gasteiger partial charge in [0.1, 0.15) is 11.7 Å². The van der Waals surface area contributed by atoms with Crippen molar-refractivity contribution in [1.82, 2.24) is 19.8 Å². The van der Waals surface area contributed by atoms with E-state index in [1.54, 1.807) is 24.7 Å². The molecule has 30 heavy (non-hydrogen) atoms. The minimum Gasteiger partial charge on any atom is -0.324 e. The summed E-state index contributed by atoms with van der Waals surface area (Å²) in [6.45, 7) is 1.06. The van der Waals surface area contributed by atoms with E-state index >= 15 is 0 Å². The van der Waals surface area contributed by atoms with Gasteiger partial charge in [0.05, 0.1) is 12.5 Å². The van der Waals surface area contributed by atoms with Gasteiger partial charge in [-0.25, -0.2) is 4.98 Å². The van der Waals surface area contributed by atoms with Gasteiger partial charge < -0.3 is 9.47 Å². The molecule has 3 heterocycles. The van der Waals surface area contributed by atoms with Crippen molar-refractivity contribution in [3.63, 3.8) is 0 Å². The van der Waals surface area contributed by atoms with Crippen molar-refractivity contribution in [2.75, 3.05) is 0 Å². The lowest BCUT2D eigenvalue weighted by atomic mass is 10.0. The molecule has 0 aliphatic carbocycles. The Morgan fingerprint density at radius 3 is 2.93 bits per heavy atom. The van der Waals surface area contributed by atoms with Crippen molar-refractivity contribution in [3.05, 3.63) is 53.1 Å². The average Bonchev–Trinajstić information content (AvgIpc) is 3.33. The van der Waals surface area contributed by atoms with Gasteiger partial charge in [0, 0.05) is 37.1 Å². The van der Waals surface area contributed by atoms with Gasteiger partial charge >= 0.3 is 0 Å². The van der Waals surface area contributed by atoms with Gasteiger partial charge in [-0.15, -0.1) is 6.42 Å². The lowest BCUT2D eigenvalue weighted by molar-refractivity contribution is -0.136. The van der Waals surface area contributed by atoms with Gasteiger partial charge in [0.2, 0.25) is 11.8 Å². The van der Waals surface area contributed by atoms with Crippen LogP contribution >= 0.6 is 0 Å². The van der Waals surface area contributed by atoms with Crippen molar-refractivity contribution in [1.29, 1.82) is 0 Å². The van der Waals surface area contributed by atoms with Gasteiger partial charge in [0.25, 0.3) is 5.91 Å². The molecule has 7 nitrogen and oxygen atoms in total. The Bertz CT molecular complexity index is 1130. The summed E-state index contributed by atoms with van der Waals surface area (Å²) in [4.78, 5) is 42.0. The summed E-state index contributed by atoms with van der Waals surface area (Å²) >= 11 is 0. The highest BCUT2D eigenvalue weighted by Gasteiger charge is 2.39. The molecule has 1 N–H and O–H groups in total. The molecule has 1 atom stereocenters. The van der Waals surface area contributed by atoms with Gasteiger partial charge in [0.15, 0.2) is 0 Å². The zero-order chi connectivity index (χ0) is 21.1. The molecule has 2 aliphatic rings. The molecule has 1 aromatic heterocycles. The van der Waals surface area contributed by atoms with Gasteiger partial charge in [-0.3, -0.25) is 19.7 Å². The quantitative estimate of drug-likeness (QED) is 0.478. The molecule has 0 saturated carbocycles. The maximum absolute atomic E-state index is 12.8. The predicted molar refractivity (Wildman–Crippen MR) is 109 cm³/mol. The number of aryl methyl sites for hydroxylation is 1. The van der Waals surface area contributed by atoms with E-state index in [4.69, 9.17) is 6.42 Å². The van der Waals surface area contributed by atoms with Crippen molar-refractivity contribution in [3.8, 4) is 24.2 Å². The van der Waals surface area contributed by atoms with E-state index in [1.807, 2.05) is 10.6 Å². The third-order valence-electron chi connectivity index (χ3n) is 5.37. The van der Waals surface area contributed by atoms with E-state index in [2.05, 4.69) is 28.1 Å². The van der Waals surface area contributed by atoms with E-state index in [-0.39, 0.29) is 18.2 Å². The van der Waals surface area contributed by atoms with E-state index < -0.39 is 11.9 Å². The summed E-state index contributed by atoms with van der Waals surface area (Å²) < 4.78 is 1.92. The maximum atomic E-state index is 12.8. The summed E-state index contributed by atoms with van der Waals surface area (Å²) in [5, 5.41) is 2.32. The van der Waals surface area contributed by atoms with Crippen molar-refractivity contribution in [2.24, 2.45) is 0 Å². The molecule has 4 rings (SSSR count). The van der Waals surface area contributed by atoms with E-state index in [0.29, 0.717) is 24.9 Å². The van der Waals surface area contributed by atoms with E-state index in [1.165, 1.54) is 4.90 Å². The lowest BCUT2D eigenvalue weighted by Crippen LogP contribution is -2.52. The molecule has 7 heteroatoms. The smallest absolute Gasteiger partial charge is 0.255 e. The van der Waals surface area contributed by atoms with Crippen molar-refractivity contribution < 1.29 is 14.4 Å². The predicted octanol–water partition coefficient (Wildman–Crippen LogP) is 1.46. The van der Waals surface area contributed by atoms with Crippen LogP contribution in [0.3, 0.4) is 0 Å². The number of carbonyl (C=O) groups excluding carboxylic acids is 3. The number of imidazole rings is 1. The molecule has 150 valence electrons. The topological polar surface area (TPSA) is 84.3 Å². The Labute approximate surface area is 174 Å². The highest BCUT2D eigenvalue weighted by molar-refractivity contribution is 6.05. The molecular weight excluding hydrogens is 380 g/mol. The number of imide groups is 1. The van der Waals surface area contributed by atoms with Crippen LogP contribution in [0.2, 0.25) is 0 Å². The van der Waals surface area contributed by atoms with Crippen molar-refractivity contribution >= 4 is 17.7 Å². The number of fused-ring (bicyclic) bond motifs is 1. The van der Waals surface area contributed by atoms with Gasteiger partial charge in [-0.2, -0.15) is 0 Å². The third kappa shape index (κ3) is 3.70. The molecule has 0 spiro atoms. The summed E-state index contributed by atoms with van der Waals surface area (Å²) in [5.74, 6) is 8.03. The SMILES string of the molecule is C#Cc1cncn1CCCC#Cc1cccc2c1CN(C1CCC(=O)NC1=O)C2=O. The molecule has 2 aliphatic heterocycles. The zero-order valence-electron chi connectivity index (χ0n) is 16.4. The second-order valence-corrected chi connectivity index (χ2v) is 7.25. The standard InChI is InChI=1S/C23H20N4O3/c1-2-17-13-24-15-26(17)12-5-3-4-7-16-8-6-9-18-19(16)14-27(23(18)30)20-10-11-21(28)25-22(20)29/h1,6,8-9,13,15,20H,3,5,10-12,14H2,(H,25,28,29). The molecule has 3 amide bonds. The third-order valence-corrected chi connectivity index (χ3v) is 5.37. The van der Waals surface area contributed by atoms with Crippen LogP contribution in [0, 0.1) is 24.2 Å². The van der Waals surface area contributed by atoms with Crippen LogP contribution in [0.15, 0.2) is 30.7 Å². The number of terminal acetylenes is 1. The fourth-order valence-corrected chi connectivity index (χ4v) is 3.82. The van der Waals surface area contributed by atoms with Crippen LogP contribution in [0.1, 0.15) is 52.9 Å². The molecular formula is C23H20N4O3. The summed E-state index contributed by atoms with van der Waals surface area (Å²) in [6, 6.07) is 4.83. The zero-order valence-corrected chi connectivity index (χ0v) is 16.4. The number of rotatable bonds is 4. The molecule has 1 saturated heterocycles. The number of piperidine rings is 1. The van der Waals surface area contributed by atoms with Gasteiger partial charge in [-0.1, -0.05) is 23.8 Å². The number of aromatic nitrogens is 2. The molecule has 0 bridgehead atoms. The number of carbonyl (C=O) groups is 3. The van der Waals surface area contributed by atoms with Crippen LogP contribution < -0.4 is 5.32 Å². The number of unbranched alkanes of at least 4 members (excludes halogenated alkanes) is 1. The molecule has 0 radical (unpaired) electrons. The fraction of sp³-hybridized carbons (Fsp3) is 0.304. The lowest BCUT2D eigenvalue weighted by Gasteiger charge is -2.29. The highest BCUT2D eigenvalue weighted by atomic mass is 16.2. The summed E-state index contributed by atoms with van der Waals surface area (Å²) in [7, 11) is 0. The van der Waals surface area contributed by atoms with Crippen LogP contribution in [0.4, 0.5) is 0 Å². The second kappa shape index (κ2) is 8.26. The monoisotopic (exact) mass is 400 g/mol. The van der Waals surface area contributed by atoms with Crippen LogP contribution in [0.25, 0.3) is 0 Å². The van der Waals surface area contributed by atoms with Crippen LogP contribution in [-0.2, 0) is 22.7 Å². The number of nitrogens with zero attached hydrogens (tertiary/aromatic N) is 3. The number of nitrogens with one attached hydrogen (secondary N) is 1. The number of amides is 3. The Morgan fingerprint density at radius 2 is 2.13 bits per heavy atom. The summed E-state index contributed by atoms with van der Waals surface area (Å²) in [6.07, 6.45) is 10.9. The van der Waals surface area contributed by atoms with E-state index in [0.717, 1.165) is 29.8 Å². The molecule has 1 fully saturated rings. The first-order valence-corrected chi connectivity index (χ1v) is 9.80. The first-order chi connectivity index (χ1) is 14.6. The van der Waals surface area contributed by atoms with Crippen molar-refractivity contribution in [2.45, 2.75) is 44.8 Å². The number of benzene rings is 1. The average molecular weight is 400 g/mol. The normalized spacial score (nSPS) is 17.8. The summed E-state index contributed by atoms with van der Waals surface area (Å²) in [5.41, 5.74) is 2.95. The second-order valence-electron chi connectivity index (χ2n) is 7.25. The minimum absolute atomic E-state index is 0.190. The van der Waals surface area contributed by atoms with E-state index in [9.17, 15) is 14.4 Å². The first-order valence-electron chi connectivity index (χ1n) is 9.80. The Hall–Kier alpha value is -3.84. The fourth-order valence-electron chi connectivity index (χ4n) is 3.82. The molecule has 2 aromatic rings. The number of hydrogen-bond donors (Lipinski definition) is 1. The maximum Gasteiger partial charge on any atom is 0.255 e. The van der Waals surface area contributed by atoms with Gasteiger partial charge in [-0.05, 0) is 30.5 Å². The van der Waals surface area contributed by atoms with Crippen LogP contribution in [0.5, 0.6) is 0 Å². The largest absolute Gasteiger partial charge is 0.324 e. The minimum atomic E-state index is -0.621. The highest BCUT2D eigenvalue weighted by Crippen LogP contribution is 2.29. The Morgan fingerprint density at radius 1 is 1.27 bits per heavy atom. The Kier molecular flexibility index (Phi) is 5.36. The first kappa shape index (κ1) is 19.5. The number of hydrogen-bond acceptors (Lipinski definition) is 4.